The Bertz CT molecular complexity index is 707. The van der Waals surface area contributed by atoms with Gasteiger partial charge in [-0.3, -0.25) is 4.79 Å². The number of carbonyl (C=O) groups excluding carboxylic acids is 1. The van der Waals surface area contributed by atoms with Gasteiger partial charge in [0.1, 0.15) is 12.4 Å². The third kappa shape index (κ3) is 5.33. The zero-order valence-electron chi connectivity index (χ0n) is 12.3. The summed E-state index contributed by atoms with van der Waals surface area (Å²) >= 11 is 5.80. The molecule has 0 spiro atoms. The van der Waals surface area contributed by atoms with Crippen LogP contribution in [-0.4, -0.2) is 17.6 Å². The van der Waals surface area contributed by atoms with Gasteiger partial charge in [-0.05, 0) is 29.8 Å². The van der Waals surface area contributed by atoms with Gasteiger partial charge in [-0.25, -0.2) is 0 Å². The Labute approximate surface area is 140 Å². The lowest BCUT2D eigenvalue weighted by Crippen LogP contribution is -2.15. The first-order valence-electron chi connectivity index (χ1n) is 6.98. The molecule has 1 amide bonds. The van der Waals surface area contributed by atoms with E-state index < -0.39 is 6.10 Å². The van der Waals surface area contributed by atoms with Gasteiger partial charge in [0.15, 0.2) is 0 Å². The summed E-state index contributed by atoms with van der Waals surface area (Å²) < 4.78 is 5.29. The maximum atomic E-state index is 12.0. The van der Waals surface area contributed by atoms with Crippen LogP contribution in [0.3, 0.4) is 0 Å². The number of halogens is 1. The highest BCUT2D eigenvalue weighted by Crippen LogP contribution is 2.21. The average Bonchev–Trinajstić information content (AvgIpc) is 2.53. The minimum atomic E-state index is -0.895. The molecule has 0 heterocycles. The largest absolute Gasteiger partial charge is 0.481 e. The predicted octanol–water partition coefficient (Wildman–Crippen LogP) is 3.41. The van der Waals surface area contributed by atoms with Crippen LogP contribution < -0.4 is 10.1 Å². The fourth-order valence-corrected chi connectivity index (χ4v) is 2.11. The number of hydrogen-bond donors (Lipinski definition) is 2. The normalized spacial score (nSPS) is 11.3. The van der Waals surface area contributed by atoms with Gasteiger partial charge >= 0.3 is 0 Å². The Kier molecular flexibility index (Phi) is 6.04. The predicted molar refractivity (Wildman–Crippen MR) is 90.4 cm³/mol. The summed E-state index contributed by atoms with van der Waals surface area (Å²) in [6.45, 7) is 0.159. The van der Waals surface area contributed by atoms with Crippen molar-refractivity contribution < 1.29 is 14.6 Å². The third-order valence-corrected chi connectivity index (χ3v) is 3.33. The third-order valence-electron chi connectivity index (χ3n) is 3.07. The van der Waals surface area contributed by atoms with E-state index in [2.05, 4.69) is 11.2 Å². The number of benzene rings is 2. The van der Waals surface area contributed by atoms with Crippen LogP contribution in [-0.2, 0) is 4.79 Å². The molecule has 1 unspecified atom stereocenters. The molecule has 0 fully saturated rings. The molecule has 2 aromatic carbocycles. The zero-order chi connectivity index (χ0) is 16.7. The van der Waals surface area contributed by atoms with Crippen LogP contribution in [0.1, 0.15) is 18.1 Å². The summed E-state index contributed by atoms with van der Waals surface area (Å²) in [7, 11) is 0. The molecule has 23 heavy (non-hydrogen) atoms. The van der Waals surface area contributed by atoms with Crippen molar-refractivity contribution >= 4 is 23.2 Å². The smallest absolute Gasteiger partial charge is 0.227 e. The molecule has 0 radical (unpaired) electrons. The van der Waals surface area contributed by atoms with Gasteiger partial charge in [-0.15, -0.1) is 6.42 Å². The topological polar surface area (TPSA) is 58.6 Å². The number of ether oxygens (including phenoxy) is 1. The second-order valence-corrected chi connectivity index (χ2v) is 5.28. The number of terminal acetylenes is 1. The highest BCUT2D eigenvalue weighted by Gasteiger charge is 2.13. The molecule has 0 aliphatic carbocycles. The van der Waals surface area contributed by atoms with Crippen LogP contribution in [0.5, 0.6) is 5.75 Å². The van der Waals surface area contributed by atoms with Crippen molar-refractivity contribution in [3.05, 3.63) is 59.1 Å². The van der Waals surface area contributed by atoms with Gasteiger partial charge in [0, 0.05) is 16.8 Å². The molecule has 1 atom stereocenters. The van der Waals surface area contributed by atoms with E-state index in [1.807, 2.05) is 0 Å². The van der Waals surface area contributed by atoms with Gasteiger partial charge in [-0.2, -0.15) is 0 Å². The molecular formula is C18H16ClNO3. The standard InChI is InChI=1S/C18H16ClNO3/c1-2-10-23-16-5-3-4-15(11-16)20-18(22)12-17(21)13-6-8-14(19)9-7-13/h1,3-9,11,17,21H,10,12H2,(H,20,22). The summed E-state index contributed by atoms with van der Waals surface area (Å²) in [6, 6.07) is 13.6. The first-order chi connectivity index (χ1) is 11.1. The highest BCUT2D eigenvalue weighted by molar-refractivity contribution is 6.30. The molecule has 0 saturated heterocycles. The average molecular weight is 330 g/mol. The molecule has 4 nitrogen and oxygen atoms in total. The number of aliphatic hydroxyl groups excluding tert-OH is 1. The summed E-state index contributed by atoms with van der Waals surface area (Å²) in [5, 5.41) is 13.4. The van der Waals surface area contributed by atoms with E-state index in [1.165, 1.54) is 0 Å². The SMILES string of the molecule is C#CCOc1cccc(NC(=O)CC(O)c2ccc(Cl)cc2)c1. The summed E-state index contributed by atoms with van der Waals surface area (Å²) in [6.07, 6.45) is 4.18. The van der Waals surface area contributed by atoms with E-state index >= 15 is 0 Å². The van der Waals surface area contributed by atoms with E-state index in [-0.39, 0.29) is 18.9 Å². The molecule has 5 heteroatoms. The maximum absolute atomic E-state index is 12.0. The fraction of sp³-hybridized carbons (Fsp3) is 0.167. The van der Waals surface area contributed by atoms with E-state index in [9.17, 15) is 9.90 Å². The molecule has 2 aromatic rings. The molecule has 0 saturated carbocycles. The monoisotopic (exact) mass is 329 g/mol. The molecule has 2 N–H and O–H groups in total. The minimum absolute atomic E-state index is 0.0585. The lowest BCUT2D eigenvalue weighted by atomic mass is 10.1. The minimum Gasteiger partial charge on any atom is -0.481 e. The Balaban J connectivity index is 1.94. The molecule has 2 rings (SSSR count). The number of amides is 1. The van der Waals surface area contributed by atoms with E-state index in [4.69, 9.17) is 22.8 Å². The van der Waals surface area contributed by atoms with Crippen molar-refractivity contribution in [2.75, 3.05) is 11.9 Å². The number of hydrogen-bond acceptors (Lipinski definition) is 3. The van der Waals surface area contributed by atoms with Gasteiger partial charge in [0.05, 0.1) is 12.5 Å². The van der Waals surface area contributed by atoms with Crippen LogP contribution >= 0.6 is 11.6 Å². The van der Waals surface area contributed by atoms with Crippen molar-refractivity contribution in [2.45, 2.75) is 12.5 Å². The Morgan fingerprint density at radius 2 is 2.04 bits per heavy atom. The quantitative estimate of drug-likeness (QED) is 0.798. The number of aliphatic hydroxyl groups is 1. The van der Waals surface area contributed by atoms with Crippen molar-refractivity contribution in [3.8, 4) is 18.1 Å². The second-order valence-electron chi connectivity index (χ2n) is 4.84. The Hall–Kier alpha value is -2.48. The highest BCUT2D eigenvalue weighted by atomic mass is 35.5. The second kappa shape index (κ2) is 8.23. The maximum Gasteiger partial charge on any atom is 0.227 e. The summed E-state index contributed by atoms with van der Waals surface area (Å²) in [4.78, 5) is 12.0. The van der Waals surface area contributed by atoms with Crippen LogP contribution in [0, 0.1) is 12.3 Å². The lowest BCUT2D eigenvalue weighted by Gasteiger charge is -2.12. The van der Waals surface area contributed by atoms with Crippen LogP contribution in [0.25, 0.3) is 0 Å². The molecule has 118 valence electrons. The Morgan fingerprint density at radius 1 is 1.30 bits per heavy atom. The van der Waals surface area contributed by atoms with Crippen LogP contribution in [0.4, 0.5) is 5.69 Å². The molecule has 0 aliphatic heterocycles. The molecular weight excluding hydrogens is 314 g/mol. The number of anilines is 1. The first-order valence-corrected chi connectivity index (χ1v) is 7.36. The van der Waals surface area contributed by atoms with Crippen molar-refractivity contribution in [1.29, 1.82) is 0 Å². The number of rotatable bonds is 6. The Morgan fingerprint density at radius 3 is 2.74 bits per heavy atom. The van der Waals surface area contributed by atoms with Crippen molar-refractivity contribution in [1.82, 2.24) is 0 Å². The zero-order valence-corrected chi connectivity index (χ0v) is 13.1. The summed E-state index contributed by atoms with van der Waals surface area (Å²) in [5.41, 5.74) is 1.21. The van der Waals surface area contributed by atoms with E-state index in [1.54, 1.807) is 48.5 Å². The lowest BCUT2D eigenvalue weighted by molar-refractivity contribution is -0.118. The molecule has 0 bridgehead atoms. The van der Waals surface area contributed by atoms with E-state index in [0.29, 0.717) is 22.0 Å². The molecule has 0 aliphatic rings. The first kappa shape index (κ1) is 16.9. The van der Waals surface area contributed by atoms with Crippen LogP contribution in [0.15, 0.2) is 48.5 Å². The van der Waals surface area contributed by atoms with Crippen molar-refractivity contribution in [2.24, 2.45) is 0 Å². The van der Waals surface area contributed by atoms with Gasteiger partial charge in [0.25, 0.3) is 0 Å². The summed E-state index contributed by atoms with van der Waals surface area (Å²) in [5.74, 6) is 2.64. The van der Waals surface area contributed by atoms with E-state index in [0.717, 1.165) is 0 Å². The van der Waals surface area contributed by atoms with Gasteiger partial charge < -0.3 is 15.2 Å². The fourth-order valence-electron chi connectivity index (χ4n) is 1.98. The van der Waals surface area contributed by atoms with Crippen LogP contribution in [0.2, 0.25) is 5.02 Å². The van der Waals surface area contributed by atoms with Gasteiger partial charge in [-0.1, -0.05) is 35.7 Å². The molecule has 0 aromatic heterocycles. The number of carbonyl (C=O) groups is 1. The van der Waals surface area contributed by atoms with Crippen molar-refractivity contribution in [3.63, 3.8) is 0 Å². The number of nitrogens with one attached hydrogen (secondary N) is 1. The van der Waals surface area contributed by atoms with Gasteiger partial charge in [0.2, 0.25) is 5.91 Å².